The summed E-state index contributed by atoms with van der Waals surface area (Å²) < 4.78 is 18.8. The molecule has 0 spiro atoms. The largest absolute Gasteiger partial charge is 0.486 e. The Kier molecular flexibility index (Phi) is 9.62. The van der Waals surface area contributed by atoms with E-state index < -0.39 is 0 Å². The number of rotatable bonds is 13. The Morgan fingerprint density at radius 1 is 0.862 bits per heavy atom. The number of para-hydroxylation sites is 2. The van der Waals surface area contributed by atoms with Gasteiger partial charge < -0.3 is 18.7 Å². The van der Waals surface area contributed by atoms with E-state index >= 15 is 0 Å². The van der Waals surface area contributed by atoms with Crippen molar-refractivity contribution in [3.8, 4) is 11.5 Å². The molecule has 2 aliphatic rings. The van der Waals surface area contributed by atoms with E-state index in [1.807, 2.05) is 24.3 Å². The summed E-state index contributed by atoms with van der Waals surface area (Å²) in [6.45, 7) is 6.25. The molecule has 1 saturated heterocycles. The Hall–Kier alpha value is -1.26. The molecular weight excluding hydrogens is 362 g/mol. The van der Waals surface area contributed by atoms with Crippen molar-refractivity contribution in [2.45, 2.75) is 76.7 Å². The molecule has 0 radical (unpaired) electrons. The average molecular weight is 405 g/mol. The normalized spacial score (nSPS) is 20.5. The summed E-state index contributed by atoms with van der Waals surface area (Å²) in [7, 11) is 2.47. The molecule has 1 aromatic rings. The van der Waals surface area contributed by atoms with Crippen LogP contribution in [0.25, 0.3) is 0 Å². The van der Waals surface area contributed by atoms with Crippen molar-refractivity contribution in [2.75, 3.05) is 46.5 Å². The number of benzene rings is 1. The van der Waals surface area contributed by atoms with Crippen LogP contribution in [0.15, 0.2) is 24.3 Å². The van der Waals surface area contributed by atoms with Gasteiger partial charge in [-0.2, -0.15) is 0 Å². The van der Waals surface area contributed by atoms with Gasteiger partial charge >= 0.3 is 0 Å². The second-order valence-corrected chi connectivity index (χ2v) is 9.25. The van der Waals surface area contributed by atoms with Gasteiger partial charge in [0.1, 0.15) is 6.61 Å². The maximum absolute atomic E-state index is 5.92. The van der Waals surface area contributed by atoms with Crippen molar-refractivity contribution < 1.29 is 18.7 Å². The highest BCUT2D eigenvalue weighted by atomic mass is 16.6. The highest BCUT2D eigenvalue weighted by Crippen LogP contribution is 2.30. The van der Waals surface area contributed by atoms with Gasteiger partial charge in [0.2, 0.25) is 0 Å². The Bertz CT molecular complexity index is 571. The van der Waals surface area contributed by atoms with Crippen molar-refractivity contribution in [2.24, 2.45) is 0 Å². The third-order valence-electron chi connectivity index (χ3n) is 6.50. The Morgan fingerprint density at radius 3 is 2.28 bits per heavy atom. The molecule has 1 unspecified atom stereocenters. The van der Waals surface area contributed by atoms with Crippen molar-refractivity contribution >= 4 is 0 Å². The zero-order valence-electron chi connectivity index (χ0n) is 18.6. The average Bonchev–Trinajstić information content (AvgIpc) is 2.75. The van der Waals surface area contributed by atoms with Crippen molar-refractivity contribution in [3.63, 3.8) is 0 Å². The van der Waals surface area contributed by atoms with Crippen LogP contribution in [0, 0.1) is 0 Å². The third kappa shape index (κ3) is 8.18. The van der Waals surface area contributed by atoms with E-state index in [2.05, 4.69) is 7.05 Å². The number of quaternary nitrogens is 1. The molecule has 1 fully saturated rings. The maximum Gasteiger partial charge on any atom is 0.161 e. The van der Waals surface area contributed by atoms with Crippen LogP contribution in [0.4, 0.5) is 0 Å². The number of piperidine rings is 1. The zero-order valence-corrected chi connectivity index (χ0v) is 18.6. The molecule has 4 nitrogen and oxygen atoms in total. The Morgan fingerprint density at radius 2 is 1.52 bits per heavy atom. The van der Waals surface area contributed by atoms with Gasteiger partial charge in [0, 0.05) is 6.61 Å². The molecule has 2 heterocycles. The predicted octanol–water partition coefficient (Wildman–Crippen LogP) is 5.59. The smallest absolute Gasteiger partial charge is 0.161 e. The molecule has 164 valence electrons. The molecule has 2 aliphatic heterocycles. The minimum Gasteiger partial charge on any atom is -0.486 e. The van der Waals surface area contributed by atoms with Gasteiger partial charge in [-0.1, -0.05) is 44.2 Å². The van der Waals surface area contributed by atoms with Gasteiger partial charge in [-0.05, 0) is 50.7 Å². The van der Waals surface area contributed by atoms with Crippen LogP contribution in [0.3, 0.4) is 0 Å². The number of ether oxygens (including phenoxy) is 3. The van der Waals surface area contributed by atoms with Gasteiger partial charge in [-0.3, -0.25) is 0 Å². The van der Waals surface area contributed by atoms with Crippen LogP contribution in [-0.4, -0.2) is 57.1 Å². The molecule has 4 heteroatoms. The van der Waals surface area contributed by atoms with Crippen LogP contribution in [0.2, 0.25) is 0 Å². The van der Waals surface area contributed by atoms with Crippen LogP contribution in [-0.2, 0) is 4.74 Å². The molecule has 0 N–H and O–H groups in total. The summed E-state index contributed by atoms with van der Waals surface area (Å²) in [5.41, 5.74) is 0. The summed E-state index contributed by atoms with van der Waals surface area (Å²) in [4.78, 5) is 0. The van der Waals surface area contributed by atoms with Crippen LogP contribution in [0.5, 0.6) is 11.5 Å². The predicted molar refractivity (Wildman–Crippen MR) is 119 cm³/mol. The molecule has 29 heavy (non-hydrogen) atoms. The first kappa shape index (κ1) is 22.4. The SMILES string of the molecule is C[N+]1(CCCCCCCCCCOCC2COc3ccccc3O2)CCCCC1. The first-order valence-electron chi connectivity index (χ1n) is 12.0. The van der Waals surface area contributed by atoms with E-state index in [1.165, 1.54) is 88.3 Å². The Labute approximate surface area is 178 Å². The van der Waals surface area contributed by atoms with Gasteiger partial charge in [-0.25, -0.2) is 0 Å². The van der Waals surface area contributed by atoms with E-state index in [0.717, 1.165) is 24.5 Å². The quantitative estimate of drug-likeness (QED) is 0.317. The first-order chi connectivity index (χ1) is 14.3. The highest BCUT2D eigenvalue weighted by Gasteiger charge is 2.23. The van der Waals surface area contributed by atoms with E-state index in [9.17, 15) is 0 Å². The fourth-order valence-corrected chi connectivity index (χ4v) is 4.62. The number of hydrogen-bond donors (Lipinski definition) is 0. The zero-order chi connectivity index (χ0) is 20.2. The van der Waals surface area contributed by atoms with E-state index in [-0.39, 0.29) is 6.10 Å². The lowest BCUT2D eigenvalue weighted by atomic mass is 10.1. The third-order valence-corrected chi connectivity index (χ3v) is 6.50. The minimum absolute atomic E-state index is 0.0133. The second kappa shape index (κ2) is 12.4. The van der Waals surface area contributed by atoms with Crippen molar-refractivity contribution in [1.82, 2.24) is 0 Å². The van der Waals surface area contributed by atoms with Gasteiger partial charge in [0.15, 0.2) is 17.6 Å². The van der Waals surface area contributed by atoms with Gasteiger partial charge in [0.05, 0.1) is 33.3 Å². The number of nitrogens with zero attached hydrogens (tertiary/aromatic N) is 1. The number of likely N-dealkylation sites (tertiary alicyclic amines) is 1. The lowest BCUT2D eigenvalue weighted by molar-refractivity contribution is -0.914. The van der Waals surface area contributed by atoms with Crippen LogP contribution >= 0.6 is 0 Å². The molecule has 0 bridgehead atoms. The second-order valence-electron chi connectivity index (χ2n) is 9.25. The number of hydrogen-bond acceptors (Lipinski definition) is 3. The van der Waals surface area contributed by atoms with E-state index in [4.69, 9.17) is 14.2 Å². The molecular formula is C25H42NO3+. The van der Waals surface area contributed by atoms with Crippen molar-refractivity contribution in [3.05, 3.63) is 24.3 Å². The monoisotopic (exact) mass is 404 g/mol. The number of fused-ring (bicyclic) bond motifs is 1. The fraction of sp³-hybridized carbons (Fsp3) is 0.760. The molecule has 0 aromatic heterocycles. The number of unbranched alkanes of at least 4 members (excludes halogenated alkanes) is 7. The summed E-state index contributed by atoms with van der Waals surface area (Å²) in [6.07, 6.45) is 15.1. The topological polar surface area (TPSA) is 27.7 Å². The van der Waals surface area contributed by atoms with Gasteiger partial charge in [-0.15, -0.1) is 0 Å². The molecule has 1 aromatic carbocycles. The first-order valence-corrected chi connectivity index (χ1v) is 12.0. The van der Waals surface area contributed by atoms with E-state index in [1.54, 1.807) is 0 Å². The molecule has 0 aliphatic carbocycles. The minimum atomic E-state index is 0.0133. The molecule has 3 rings (SSSR count). The molecule has 1 atom stereocenters. The van der Waals surface area contributed by atoms with Gasteiger partial charge in [0.25, 0.3) is 0 Å². The maximum atomic E-state index is 5.92. The van der Waals surface area contributed by atoms with Crippen LogP contribution in [0.1, 0.15) is 70.6 Å². The summed E-state index contributed by atoms with van der Waals surface area (Å²) >= 11 is 0. The van der Waals surface area contributed by atoms with E-state index in [0.29, 0.717) is 13.2 Å². The standard InChI is InChI=1S/C25H42NO3/c1-26(18-12-8-13-19-26)17-11-6-4-2-3-5-7-14-20-27-21-23-22-28-24-15-9-10-16-25(24)29-23/h9-10,15-16,23H,2-8,11-14,17-22H2,1H3/q+1. The summed E-state index contributed by atoms with van der Waals surface area (Å²) in [6, 6.07) is 7.84. The fourth-order valence-electron chi connectivity index (χ4n) is 4.62. The Balaban J connectivity index is 1.09. The lowest BCUT2D eigenvalue weighted by Gasteiger charge is -2.37. The summed E-state index contributed by atoms with van der Waals surface area (Å²) in [5, 5.41) is 0. The summed E-state index contributed by atoms with van der Waals surface area (Å²) in [5.74, 6) is 1.67. The molecule has 0 saturated carbocycles. The lowest BCUT2D eigenvalue weighted by Crippen LogP contribution is -2.48. The van der Waals surface area contributed by atoms with Crippen molar-refractivity contribution in [1.29, 1.82) is 0 Å². The molecule has 0 amide bonds. The van der Waals surface area contributed by atoms with Crippen LogP contribution < -0.4 is 9.47 Å². The highest BCUT2D eigenvalue weighted by molar-refractivity contribution is 5.40.